The van der Waals surface area contributed by atoms with E-state index >= 15 is 0 Å². The third-order valence-electron chi connectivity index (χ3n) is 0.635. The first-order valence-electron chi connectivity index (χ1n) is 4.27. The second-order valence-electron chi connectivity index (χ2n) is 1.88. The molecule has 68 valence electrons. The minimum Gasteiger partial charge on any atom is -0.349 e. The van der Waals surface area contributed by atoms with Crippen LogP contribution in [0.2, 0.25) is 0 Å². The lowest BCUT2D eigenvalue weighted by Gasteiger charge is -1.68. The van der Waals surface area contributed by atoms with Gasteiger partial charge >= 0.3 is 0 Å². The zero-order valence-corrected chi connectivity index (χ0v) is 8.31. The molecule has 2 heteroatoms. The van der Waals surface area contributed by atoms with Crippen LogP contribution in [0, 0.1) is 6.92 Å². The normalized spacial score (nSPS) is 7.00. The van der Waals surface area contributed by atoms with Gasteiger partial charge in [-0.05, 0) is 6.92 Å². The zero-order valence-electron chi connectivity index (χ0n) is 8.31. The Morgan fingerprint density at radius 3 is 2.00 bits per heavy atom. The van der Waals surface area contributed by atoms with Crippen molar-refractivity contribution in [3.63, 3.8) is 0 Å². The first-order chi connectivity index (χ1) is 5.31. The van der Waals surface area contributed by atoms with Crippen LogP contribution in [0.4, 0.5) is 0 Å². The Hall–Kier alpha value is -0.790. The Morgan fingerprint density at radius 1 is 1.45 bits per heavy atom. The van der Waals surface area contributed by atoms with Gasteiger partial charge in [0.25, 0.3) is 0 Å². The molecule has 0 saturated carbocycles. The van der Waals surface area contributed by atoms with E-state index < -0.39 is 0 Å². The van der Waals surface area contributed by atoms with Crippen molar-refractivity contribution in [1.82, 2.24) is 9.97 Å². The molecule has 0 spiro atoms. The molecule has 0 amide bonds. The second-order valence-corrected chi connectivity index (χ2v) is 1.88. The van der Waals surface area contributed by atoms with Crippen molar-refractivity contribution >= 4 is 0 Å². The molecule has 1 N–H and O–H groups in total. The standard InChI is InChI=1S/C4H6N2.C3H8.C2H6.H2/c1-4-5-2-3-6-4;1-3-2;1-2;/h2-3H,1H3,(H,5,6);3H2,1-2H3;1-2H3;1H. The summed E-state index contributed by atoms with van der Waals surface area (Å²) in [5, 5.41) is 0. The van der Waals surface area contributed by atoms with Crippen LogP contribution in [0.1, 0.15) is 41.4 Å². The number of imidazole rings is 1. The highest BCUT2D eigenvalue weighted by atomic mass is 14.9. The lowest BCUT2D eigenvalue weighted by Crippen LogP contribution is -1.66. The molecule has 0 bridgehead atoms. The van der Waals surface area contributed by atoms with E-state index in [0.29, 0.717) is 0 Å². The molecule has 0 aliphatic heterocycles. The number of hydrogen-bond donors (Lipinski definition) is 1. The maximum absolute atomic E-state index is 3.86. The van der Waals surface area contributed by atoms with Gasteiger partial charge in [0.2, 0.25) is 0 Å². The molecule has 0 radical (unpaired) electrons. The predicted octanol–water partition coefficient (Wildman–Crippen LogP) is 3.41. The topological polar surface area (TPSA) is 28.7 Å². The van der Waals surface area contributed by atoms with Crippen LogP contribution in [0.5, 0.6) is 0 Å². The number of nitrogens with one attached hydrogen (secondary N) is 1. The Balaban J connectivity index is -0.000000119. The molecule has 0 aliphatic carbocycles. The molecule has 0 saturated heterocycles. The van der Waals surface area contributed by atoms with Crippen molar-refractivity contribution in [2.24, 2.45) is 0 Å². The van der Waals surface area contributed by atoms with Crippen LogP contribution < -0.4 is 0 Å². The van der Waals surface area contributed by atoms with Gasteiger partial charge in [-0.3, -0.25) is 0 Å². The number of hydrogen-bond acceptors (Lipinski definition) is 1. The molecule has 0 unspecified atom stereocenters. The van der Waals surface area contributed by atoms with E-state index in [-0.39, 0.29) is 1.43 Å². The molecule has 1 aromatic rings. The van der Waals surface area contributed by atoms with Gasteiger partial charge in [-0.25, -0.2) is 4.98 Å². The fraction of sp³-hybridized carbons (Fsp3) is 0.667. The van der Waals surface area contributed by atoms with Crippen molar-refractivity contribution in [3.8, 4) is 0 Å². The fourth-order valence-corrected chi connectivity index (χ4v) is 0.344. The summed E-state index contributed by atoms with van der Waals surface area (Å²) in [6.07, 6.45) is 4.78. The van der Waals surface area contributed by atoms with Crippen molar-refractivity contribution in [2.75, 3.05) is 0 Å². The van der Waals surface area contributed by atoms with Gasteiger partial charge in [0.05, 0.1) is 0 Å². The molecule has 0 aliphatic rings. The molecule has 2 nitrogen and oxygen atoms in total. The fourth-order valence-electron chi connectivity index (χ4n) is 0.344. The number of rotatable bonds is 0. The summed E-state index contributed by atoms with van der Waals surface area (Å²) in [5.41, 5.74) is 0. The molecular formula is C9H22N2. The minimum absolute atomic E-state index is 0. The molecule has 0 fully saturated rings. The summed E-state index contributed by atoms with van der Waals surface area (Å²) in [5.74, 6) is 0.968. The first kappa shape index (κ1) is 12.8. The van der Waals surface area contributed by atoms with Crippen molar-refractivity contribution in [1.29, 1.82) is 0 Å². The highest BCUT2D eigenvalue weighted by Gasteiger charge is 1.73. The van der Waals surface area contributed by atoms with Gasteiger partial charge in [0, 0.05) is 13.8 Å². The van der Waals surface area contributed by atoms with Crippen molar-refractivity contribution in [2.45, 2.75) is 41.0 Å². The van der Waals surface area contributed by atoms with Crippen LogP contribution in [0.25, 0.3) is 0 Å². The third kappa shape index (κ3) is 12.4. The molecule has 1 heterocycles. The number of aryl methyl sites for hydroxylation is 1. The van der Waals surface area contributed by atoms with E-state index in [1.165, 1.54) is 6.42 Å². The lowest BCUT2D eigenvalue weighted by molar-refractivity contribution is 1.09. The quantitative estimate of drug-likeness (QED) is 0.616. The van der Waals surface area contributed by atoms with E-state index in [2.05, 4.69) is 23.8 Å². The van der Waals surface area contributed by atoms with Crippen LogP contribution in [0.3, 0.4) is 0 Å². The van der Waals surface area contributed by atoms with Crippen LogP contribution >= 0.6 is 0 Å². The second kappa shape index (κ2) is 11.9. The van der Waals surface area contributed by atoms with E-state index in [0.717, 1.165) is 5.82 Å². The monoisotopic (exact) mass is 158 g/mol. The first-order valence-corrected chi connectivity index (χ1v) is 4.27. The Morgan fingerprint density at radius 2 is 1.91 bits per heavy atom. The van der Waals surface area contributed by atoms with Gasteiger partial charge in [-0.2, -0.15) is 0 Å². The van der Waals surface area contributed by atoms with Crippen molar-refractivity contribution < 1.29 is 1.43 Å². The maximum atomic E-state index is 3.86. The van der Waals surface area contributed by atoms with Gasteiger partial charge in [0.15, 0.2) is 0 Å². The van der Waals surface area contributed by atoms with E-state index in [4.69, 9.17) is 0 Å². The number of aromatic amines is 1. The Bertz CT molecular complexity index is 127. The zero-order chi connectivity index (χ0) is 9.11. The molecule has 0 aromatic carbocycles. The smallest absolute Gasteiger partial charge is 0.102 e. The summed E-state index contributed by atoms with van der Waals surface area (Å²) in [6.45, 7) is 10.2. The minimum atomic E-state index is 0. The van der Waals surface area contributed by atoms with Gasteiger partial charge < -0.3 is 4.98 Å². The maximum Gasteiger partial charge on any atom is 0.102 e. The number of nitrogens with zero attached hydrogens (tertiary/aromatic N) is 1. The molecule has 0 atom stereocenters. The van der Waals surface area contributed by atoms with Crippen molar-refractivity contribution in [3.05, 3.63) is 18.2 Å². The average Bonchev–Trinajstić information content (AvgIpc) is 2.46. The van der Waals surface area contributed by atoms with E-state index in [1.807, 2.05) is 20.8 Å². The van der Waals surface area contributed by atoms with Gasteiger partial charge in [-0.15, -0.1) is 0 Å². The van der Waals surface area contributed by atoms with Gasteiger partial charge in [-0.1, -0.05) is 34.1 Å². The van der Waals surface area contributed by atoms with E-state index in [1.54, 1.807) is 12.4 Å². The predicted molar refractivity (Wildman–Crippen MR) is 52.8 cm³/mol. The largest absolute Gasteiger partial charge is 0.349 e. The summed E-state index contributed by atoms with van der Waals surface area (Å²) in [4.78, 5) is 6.75. The molecular weight excluding hydrogens is 136 g/mol. The van der Waals surface area contributed by atoms with Crippen LogP contribution in [-0.4, -0.2) is 9.97 Å². The third-order valence-corrected chi connectivity index (χ3v) is 0.635. The average molecular weight is 158 g/mol. The summed E-state index contributed by atoms with van der Waals surface area (Å²) < 4.78 is 0. The molecule has 1 rings (SSSR count). The van der Waals surface area contributed by atoms with Crippen LogP contribution in [-0.2, 0) is 0 Å². The lowest BCUT2D eigenvalue weighted by atomic mass is 10.6. The van der Waals surface area contributed by atoms with Crippen LogP contribution in [0.15, 0.2) is 12.4 Å². The highest BCUT2D eigenvalue weighted by Crippen LogP contribution is 1.78. The number of aromatic nitrogens is 2. The summed E-state index contributed by atoms with van der Waals surface area (Å²) >= 11 is 0. The van der Waals surface area contributed by atoms with E-state index in [9.17, 15) is 0 Å². The molecule has 1 aromatic heterocycles. The summed E-state index contributed by atoms with van der Waals surface area (Å²) in [6, 6.07) is 0. The number of H-pyrrole nitrogens is 1. The Kier molecular flexibility index (Phi) is 13.9. The SMILES string of the molecule is CC.CCC.Cc1ncc[nH]1.[HH]. The highest BCUT2D eigenvalue weighted by molar-refractivity contribution is 4.80. The van der Waals surface area contributed by atoms with Gasteiger partial charge in [0.1, 0.15) is 5.82 Å². The Labute approximate surface area is 71.5 Å². The summed E-state index contributed by atoms with van der Waals surface area (Å²) in [7, 11) is 0. The molecule has 11 heavy (non-hydrogen) atoms.